The number of amides is 1. The quantitative estimate of drug-likeness (QED) is 0.565. The zero-order chi connectivity index (χ0) is 23.4. The van der Waals surface area contributed by atoms with Gasteiger partial charge in [-0.15, -0.1) is 13.2 Å². The summed E-state index contributed by atoms with van der Waals surface area (Å²) in [7, 11) is 1.59. The van der Waals surface area contributed by atoms with Gasteiger partial charge in [0.1, 0.15) is 5.75 Å². The molecular formula is C24H25F3N4O2. The molecule has 1 aromatic heterocycles. The topological polar surface area (TPSA) is 68.2 Å². The summed E-state index contributed by atoms with van der Waals surface area (Å²) in [4.78, 5) is 12.5. The van der Waals surface area contributed by atoms with Crippen molar-refractivity contribution in [3.8, 4) is 5.75 Å². The van der Waals surface area contributed by atoms with Crippen LogP contribution >= 0.6 is 0 Å². The first kappa shape index (κ1) is 22.8. The Bertz CT molecular complexity index is 1100. The van der Waals surface area contributed by atoms with Crippen molar-refractivity contribution in [2.75, 3.05) is 7.05 Å². The molecule has 0 spiro atoms. The van der Waals surface area contributed by atoms with Gasteiger partial charge in [0.05, 0.1) is 6.54 Å². The minimum atomic E-state index is -4.70. The number of hydrogen-bond acceptors (Lipinski definition) is 4. The summed E-state index contributed by atoms with van der Waals surface area (Å²) in [5, 5.41) is 10.8. The third-order valence-electron chi connectivity index (χ3n) is 5.72. The number of ether oxygens (including phenoxy) is 1. The molecule has 2 aromatic carbocycles. The predicted molar refractivity (Wildman–Crippen MR) is 117 cm³/mol. The summed E-state index contributed by atoms with van der Waals surface area (Å²) in [6.07, 6.45) is -2.40. The summed E-state index contributed by atoms with van der Waals surface area (Å²) in [5.74, 6) is -0.450. The molecule has 9 heteroatoms. The molecule has 1 heterocycles. The van der Waals surface area contributed by atoms with Gasteiger partial charge in [-0.2, -0.15) is 5.10 Å². The summed E-state index contributed by atoms with van der Waals surface area (Å²) < 4.78 is 42.8. The van der Waals surface area contributed by atoms with Crippen LogP contribution in [0.25, 0.3) is 0 Å². The second-order valence-electron chi connectivity index (χ2n) is 8.01. The number of halogens is 3. The van der Waals surface area contributed by atoms with Crippen LogP contribution in [0.5, 0.6) is 5.75 Å². The molecule has 0 bridgehead atoms. The fraction of sp³-hybridized carbons (Fsp3) is 0.333. The molecule has 1 amide bonds. The average molecular weight is 458 g/mol. The number of nitrogens with zero attached hydrogens (tertiary/aromatic N) is 2. The minimum absolute atomic E-state index is 0.126. The molecule has 0 radical (unpaired) electrons. The smallest absolute Gasteiger partial charge is 0.406 e. The maximum Gasteiger partial charge on any atom is 0.573 e. The van der Waals surface area contributed by atoms with Gasteiger partial charge in [0.2, 0.25) is 0 Å². The van der Waals surface area contributed by atoms with E-state index in [0.717, 1.165) is 35.2 Å². The zero-order valence-electron chi connectivity index (χ0n) is 18.2. The number of rotatable bonds is 7. The number of carbonyl (C=O) groups is 1. The molecule has 33 heavy (non-hydrogen) atoms. The van der Waals surface area contributed by atoms with Crippen LogP contribution in [0.3, 0.4) is 0 Å². The lowest BCUT2D eigenvalue weighted by molar-refractivity contribution is -0.274. The van der Waals surface area contributed by atoms with Crippen LogP contribution in [0.4, 0.5) is 13.2 Å². The molecule has 1 aliphatic rings. The van der Waals surface area contributed by atoms with Gasteiger partial charge in [-0.3, -0.25) is 9.48 Å². The van der Waals surface area contributed by atoms with E-state index in [9.17, 15) is 18.0 Å². The Balaban J connectivity index is 1.44. The van der Waals surface area contributed by atoms with E-state index in [-0.39, 0.29) is 17.7 Å². The van der Waals surface area contributed by atoms with Gasteiger partial charge < -0.3 is 15.4 Å². The normalized spacial score (nSPS) is 15.7. The molecule has 0 fully saturated rings. The Morgan fingerprint density at radius 3 is 2.52 bits per heavy atom. The lowest BCUT2D eigenvalue weighted by Gasteiger charge is -2.25. The highest BCUT2D eigenvalue weighted by Crippen LogP contribution is 2.27. The van der Waals surface area contributed by atoms with Gasteiger partial charge in [0, 0.05) is 30.9 Å². The highest BCUT2D eigenvalue weighted by atomic mass is 19.4. The highest BCUT2D eigenvalue weighted by molar-refractivity contribution is 5.93. The fourth-order valence-corrected chi connectivity index (χ4v) is 4.12. The van der Waals surface area contributed by atoms with Crippen LogP contribution in [0.2, 0.25) is 0 Å². The summed E-state index contributed by atoms with van der Waals surface area (Å²) in [6, 6.07) is 15.9. The van der Waals surface area contributed by atoms with Crippen LogP contribution in [0.1, 0.15) is 39.3 Å². The maximum absolute atomic E-state index is 12.5. The molecule has 0 aliphatic heterocycles. The Kier molecular flexibility index (Phi) is 6.69. The minimum Gasteiger partial charge on any atom is -0.406 e. The Hall–Kier alpha value is -3.33. The van der Waals surface area contributed by atoms with Crippen LogP contribution in [0, 0.1) is 0 Å². The summed E-state index contributed by atoms with van der Waals surface area (Å²) in [6.45, 7) is 1.10. The molecule has 3 aromatic rings. The fourth-order valence-electron chi connectivity index (χ4n) is 4.12. The van der Waals surface area contributed by atoms with E-state index in [4.69, 9.17) is 0 Å². The van der Waals surface area contributed by atoms with Crippen LogP contribution in [0.15, 0.2) is 54.6 Å². The number of nitrogens with one attached hydrogen (secondary N) is 2. The molecule has 174 valence electrons. The third-order valence-corrected chi connectivity index (χ3v) is 5.72. The molecule has 0 saturated carbocycles. The van der Waals surface area contributed by atoms with Crippen molar-refractivity contribution in [1.82, 2.24) is 20.4 Å². The first-order chi connectivity index (χ1) is 15.8. The van der Waals surface area contributed by atoms with Crippen molar-refractivity contribution in [3.63, 3.8) is 0 Å². The van der Waals surface area contributed by atoms with Crippen molar-refractivity contribution in [3.05, 3.63) is 82.7 Å². The molecular weight excluding hydrogens is 433 g/mol. The second-order valence-corrected chi connectivity index (χ2v) is 8.01. The van der Waals surface area contributed by atoms with Crippen molar-refractivity contribution in [1.29, 1.82) is 0 Å². The van der Waals surface area contributed by atoms with Crippen molar-refractivity contribution >= 4 is 5.91 Å². The summed E-state index contributed by atoms with van der Waals surface area (Å²) >= 11 is 0. The number of benzene rings is 2. The third kappa shape index (κ3) is 5.73. The predicted octanol–water partition coefficient (Wildman–Crippen LogP) is 3.84. The second kappa shape index (κ2) is 9.66. The van der Waals surface area contributed by atoms with Crippen molar-refractivity contribution < 1.29 is 22.7 Å². The van der Waals surface area contributed by atoms with Gasteiger partial charge in [-0.1, -0.05) is 42.5 Å². The monoisotopic (exact) mass is 458 g/mol. The molecule has 4 rings (SSSR count). The molecule has 1 atom stereocenters. The SMILES string of the molecule is CNC(=O)c1nn(Cc2ccccc2)c2c1CC(NCc1ccc(OC(F)(F)F)cc1)CC2. The average Bonchev–Trinajstić information content (AvgIpc) is 3.15. The van der Waals surface area contributed by atoms with Gasteiger partial charge in [0.15, 0.2) is 5.69 Å². The first-order valence-corrected chi connectivity index (χ1v) is 10.7. The number of fused-ring (bicyclic) bond motifs is 1. The van der Waals surface area contributed by atoms with Crippen molar-refractivity contribution in [2.45, 2.75) is 44.8 Å². The Labute approximate surface area is 189 Å². The summed E-state index contributed by atoms with van der Waals surface area (Å²) in [5.41, 5.74) is 4.43. The van der Waals surface area contributed by atoms with Crippen LogP contribution < -0.4 is 15.4 Å². The van der Waals surface area contributed by atoms with Gasteiger partial charge in [-0.25, -0.2) is 0 Å². The molecule has 1 aliphatic carbocycles. The Morgan fingerprint density at radius 2 is 1.85 bits per heavy atom. The van der Waals surface area contributed by atoms with Gasteiger partial charge >= 0.3 is 6.36 Å². The van der Waals surface area contributed by atoms with Crippen molar-refractivity contribution in [2.24, 2.45) is 0 Å². The Morgan fingerprint density at radius 1 is 1.12 bits per heavy atom. The van der Waals surface area contributed by atoms with E-state index in [1.807, 2.05) is 35.0 Å². The lowest BCUT2D eigenvalue weighted by atomic mass is 9.91. The number of aromatic nitrogens is 2. The van der Waals surface area contributed by atoms with Gasteiger partial charge in [0.25, 0.3) is 5.91 Å². The molecule has 0 saturated heterocycles. The number of hydrogen-bond donors (Lipinski definition) is 2. The standard InChI is InChI=1S/C24H25F3N4O2/c1-28-23(32)22-20-13-18(29-14-16-7-10-19(11-8-16)33-24(25,26)27)9-12-21(20)31(30-22)15-17-5-3-2-4-6-17/h2-8,10-11,18,29H,9,12-15H2,1H3,(H,28,32). The maximum atomic E-state index is 12.5. The molecule has 6 nitrogen and oxygen atoms in total. The highest BCUT2D eigenvalue weighted by Gasteiger charge is 2.31. The van der Waals surface area contributed by atoms with E-state index in [0.29, 0.717) is 25.2 Å². The first-order valence-electron chi connectivity index (χ1n) is 10.7. The number of carbonyl (C=O) groups excluding carboxylic acids is 1. The van der Waals surface area contributed by atoms with E-state index < -0.39 is 6.36 Å². The van der Waals surface area contributed by atoms with Gasteiger partial charge in [-0.05, 0) is 42.5 Å². The molecule has 1 unspecified atom stereocenters. The van der Waals surface area contributed by atoms with Crippen LogP contribution in [-0.2, 0) is 25.9 Å². The largest absolute Gasteiger partial charge is 0.573 e. The van der Waals surface area contributed by atoms with E-state index >= 15 is 0 Å². The van der Waals surface area contributed by atoms with E-state index in [1.165, 1.54) is 12.1 Å². The molecule has 2 N–H and O–H groups in total. The number of alkyl halides is 3. The van der Waals surface area contributed by atoms with E-state index in [2.05, 4.69) is 20.5 Å². The van der Waals surface area contributed by atoms with E-state index in [1.54, 1.807) is 19.2 Å². The van der Waals surface area contributed by atoms with Crippen LogP contribution in [-0.4, -0.2) is 35.1 Å². The zero-order valence-corrected chi connectivity index (χ0v) is 18.2. The lowest BCUT2D eigenvalue weighted by Crippen LogP contribution is -2.35.